The third kappa shape index (κ3) is 5.58. The largest absolute Gasteiger partial charge is 0.416 e. The number of hydrogen-bond acceptors (Lipinski definition) is 2. The Morgan fingerprint density at radius 2 is 1.84 bits per heavy atom. The zero-order chi connectivity index (χ0) is 22.8. The van der Waals surface area contributed by atoms with Crippen molar-refractivity contribution in [3.63, 3.8) is 0 Å². The summed E-state index contributed by atoms with van der Waals surface area (Å²) in [4.78, 5) is 27.4. The van der Waals surface area contributed by atoms with Crippen LogP contribution in [0.2, 0.25) is 5.02 Å². The molecule has 0 spiro atoms. The van der Waals surface area contributed by atoms with Crippen molar-refractivity contribution in [3.8, 4) is 0 Å². The van der Waals surface area contributed by atoms with Gasteiger partial charge in [0.15, 0.2) is 0 Å². The zero-order valence-corrected chi connectivity index (χ0v) is 18.0. The number of nitrogens with one attached hydrogen (secondary N) is 1. The van der Waals surface area contributed by atoms with Crippen molar-refractivity contribution < 1.29 is 22.8 Å². The molecule has 8 heteroatoms. The summed E-state index contributed by atoms with van der Waals surface area (Å²) in [5.41, 5.74) is -0.00889. The van der Waals surface area contributed by atoms with Gasteiger partial charge in [0.1, 0.15) is 0 Å². The molecule has 1 aliphatic rings. The molecule has 166 valence electrons. The maximum atomic E-state index is 13.2. The predicted molar refractivity (Wildman–Crippen MR) is 113 cm³/mol. The SMILES string of the molecule is CC(C)CNC(=O)[C@H]1CN(C(=O)c2cccc(Cl)c2)C[C@H]1c1cccc(C(F)(F)F)c1. The van der Waals surface area contributed by atoms with Crippen LogP contribution in [-0.4, -0.2) is 36.3 Å². The lowest BCUT2D eigenvalue weighted by Gasteiger charge is -2.20. The number of amides is 2. The number of carbonyl (C=O) groups is 2. The molecular formula is C23H24ClF3N2O2. The first-order valence-electron chi connectivity index (χ1n) is 10.1. The number of alkyl halides is 3. The molecule has 3 rings (SSSR count). The fourth-order valence-corrected chi connectivity index (χ4v) is 3.95. The van der Waals surface area contributed by atoms with Gasteiger partial charge in [-0.15, -0.1) is 0 Å². The number of rotatable bonds is 5. The van der Waals surface area contributed by atoms with Gasteiger partial charge in [-0.3, -0.25) is 9.59 Å². The van der Waals surface area contributed by atoms with Gasteiger partial charge in [0.25, 0.3) is 5.91 Å². The minimum absolute atomic E-state index is 0.121. The number of nitrogens with zero attached hydrogens (tertiary/aromatic N) is 1. The molecule has 1 N–H and O–H groups in total. The highest BCUT2D eigenvalue weighted by Gasteiger charge is 2.41. The molecule has 0 bridgehead atoms. The van der Waals surface area contributed by atoms with Crippen LogP contribution in [0.1, 0.15) is 41.3 Å². The van der Waals surface area contributed by atoms with E-state index in [1.807, 2.05) is 13.8 Å². The summed E-state index contributed by atoms with van der Waals surface area (Å²) in [7, 11) is 0. The molecular weight excluding hydrogens is 429 g/mol. The quantitative estimate of drug-likeness (QED) is 0.695. The van der Waals surface area contributed by atoms with E-state index in [2.05, 4.69) is 5.32 Å². The van der Waals surface area contributed by atoms with Gasteiger partial charge in [0.2, 0.25) is 5.91 Å². The number of carbonyl (C=O) groups excluding carboxylic acids is 2. The van der Waals surface area contributed by atoms with Gasteiger partial charge >= 0.3 is 6.18 Å². The Morgan fingerprint density at radius 3 is 2.48 bits per heavy atom. The van der Waals surface area contributed by atoms with E-state index in [0.29, 0.717) is 22.7 Å². The van der Waals surface area contributed by atoms with E-state index in [9.17, 15) is 22.8 Å². The second-order valence-corrected chi connectivity index (χ2v) is 8.63. The van der Waals surface area contributed by atoms with Crippen molar-refractivity contribution in [2.75, 3.05) is 19.6 Å². The highest BCUT2D eigenvalue weighted by atomic mass is 35.5. The molecule has 0 aromatic heterocycles. The van der Waals surface area contributed by atoms with Gasteiger partial charge in [-0.1, -0.05) is 49.7 Å². The molecule has 0 saturated carbocycles. The highest BCUT2D eigenvalue weighted by molar-refractivity contribution is 6.30. The van der Waals surface area contributed by atoms with Crippen molar-refractivity contribution in [3.05, 3.63) is 70.2 Å². The summed E-state index contributed by atoms with van der Waals surface area (Å²) in [5, 5.41) is 3.26. The fourth-order valence-electron chi connectivity index (χ4n) is 3.76. The normalized spacial score (nSPS) is 19.0. The average molecular weight is 453 g/mol. The van der Waals surface area contributed by atoms with E-state index in [1.54, 1.807) is 24.3 Å². The molecule has 31 heavy (non-hydrogen) atoms. The van der Waals surface area contributed by atoms with E-state index in [-0.39, 0.29) is 30.8 Å². The van der Waals surface area contributed by atoms with Gasteiger partial charge in [0, 0.05) is 36.1 Å². The Hall–Kier alpha value is -2.54. The maximum Gasteiger partial charge on any atom is 0.416 e. The van der Waals surface area contributed by atoms with Crippen LogP contribution in [0, 0.1) is 11.8 Å². The minimum atomic E-state index is -4.49. The lowest BCUT2D eigenvalue weighted by atomic mass is 9.87. The highest BCUT2D eigenvalue weighted by Crippen LogP contribution is 2.37. The lowest BCUT2D eigenvalue weighted by molar-refractivity contribution is -0.137. The smallest absolute Gasteiger partial charge is 0.356 e. The van der Waals surface area contributed by atoms with E-state index in [1.165, 1.54) is 17.0 Å². The van der Waals surface area contributed by atoms with Crippen LogP contribution >= 0.6 is 11.6 Å². The first kappa shape index (κ1) is 23.1. The van der Waals surface area contributed by atoms with Crippen molar-refractivity contribution in [1.29, 1.82) is 0 Å². The van der Waals surface area contributed by atoms with Crippen LogP contribution in [-0.2, 0) is 11.0 Å². The number of likely N-dealkylation sites (tertiary alicyclic amines) is 1. The standard InChI is InChI=1S/C23H24ClF3N2O2/c1-14(2)11-28-21(30)20-13-29(22(31)16-6-4-8-18(24)10-16)12-19(20)15-5-3-7-17(9-15)23(25,26)27/h3-10,14,19-20H,11-13H2,1-2H3,(H,28,30)/t19-,20-/m0/s1. The Bertz CT molecular complexity index is 962. The van der Waals surface area contributed by atoms with Crippen LogP contribution in [0.25, 0.3) is 0 Å². The molecule has 2 aromatic rings. The van der Waals surface area contributed by atoms with Crippen molar-refractivity contribution in [2.24, 2.45) is 11.8 Å². The number of hydrogen-bond donors (Lipinski definition) is 1. The third-order valence-electron chi connectivity index (χ3n) is 5.34. The van der Waals surface area contributed by atoms with Gasteiger partial charge in [-0.05, 0) is 35.7 Å². The number of halogens is 4. The third-order valence-corrected chi connectivity index (χ3v) is 5.58. The second-order valence-electron chi connectivity index (χ2n) is 8.20. The zero-order valence-electron chi connectivity index (χ0n) is 17.2. The lowest BCUT2D eigenvalue weighted by Crippen LogP contribution is -2.37. The van der Waals surface area contributed by atoms with E-state index in [4.69, 9.17) is 11.6 Å². The van der Waals surface area contributed by atoms with Crippen molar-refractivity contribution >= 4 is 23.4 Å². The van der Waals surface area contributed by atoms with Gasteiger partial charge in [0.05, 0.1) is 11.5 Å². The Morgan fingerprint density at radius 1 is 1.13 bits per heavy atom. The maximum absolute atomic E-state index is 13.2. The van der Waals surface area contributed by atoms with Crippen LogP contribution in [0.15, 0.2) is 48.5 Å². The Kier molecular flexibility index (Phi) is 6.94. The van der Waals surface area contributed by atoms with Gasteiger partial charge in [-0.2, -0.15) is 13.2 Å². The summed E-state index contributed by atoms with van der Waals surface area (Å²) >= 11 is 5.99. The molecule has 1 fully saturated rings. The van der Waals surface area contributed by atoms with E-state index >= 15 is 0 Å². The monoisotopic (exact) mass is 452 g/mol. The summed E-state index contributed by atoms with van der Waals surface area (Å²) in [6, 6.07) is 11.5. The van der Waals surface area contributed by atoms with Crippen molar-refractivity contribution in [1.82, 2.24) is 10.2 Å². The van der Waals surface area contributed by atoms with Crippen LogP contribution in [0.3, 0.4) is 0 Å². The molecule has 1 heterocycles. The summed E-state index contributed by atoms with van der Waals surface area (Å²) in [5.74, 6) is -1.54. The first-order chi connectivity index (χ1) is 14.6. The molecule has 1 aliphatic heterocycles. The summed E-state index contributed by atoms with van der Waals surface area (Å²) < 4.78 is 39.7. The average Bonchev–Trinajstić information content (AvgIpc) is 3.16. The molecule has 2 amide bonds. The number of benzene rings is 2. The Labute approximate surface area is 184 Å². The molecule has 1 saturated heterocycles. The van der Waals surface area contributed by atoms with Gasteiger partial charge in [-0.25, -0.2) is 0 Å². The molecule has 2 atom stereocenters. The van der Waals surface area contributed by atoms with Gasteiger partial charge < -0.3 is 10.2 Å². The topological polar surface area (TPSA) is 49.4 Å². The first-order valence-corrected chi connectivity index (χ1v) is 10.4. The second kappa shape index (κ2) is 9.30. The van der Waals surface area contributed by atoms with E-state index < -0.39 is 23.6 Å². The van der Waals surface area contributed by atoms with Crippen LogP contribution in [0.5, 0.6) is 0 Å². The summed E-state index contributed by atoms with van der Waals surface area (Å²) in [6.45, 7) is 4.62. The Balaban J connectivity index is 1.90. The molecule has 0 unspecified atom stereocenters. The molecule has 4 nitrogen and oxygen atoms in total. The fraction of sp³-hybridized carbons (Fsp3) is 0.391. The predicted octanol–water partition coefficient (Wildman–Crippen LogP) is 4.99. The minimum Gasteiger partial charge on any atom is -0.356 e. The molecule has 2 aromatic carbocycles. The molecule has 0 aliphatic carbocycles. The summed E-state index contributed by atoms with van der Waals surface area (Å²) in [6.07, 6.45) is -4.49. The van der Waals surface area contributed by atoms with Crippen LogP contribution < -0.4 is 5.32 Å². The van der Waals surface area contributed by atoms with Crippen LogP contribution in [0.4, 0.5) is 13.2 Å². The van der Waals surface area contributed by atoms with E-state index in [0.717, 1.165) is 12.1 Å². The molecule has 0 radical (unpaired) electrons. The van der Waals surface area contributed by atoms with Crippen molar-refractivity contribution in [2.45, 2.75) is 25.9 Å².